The number of nitrogens with zero attached hydrogens (tertiary/aromatic N) is 1. The first-order chi connectivity index (χ1) is 12.8. The maximum atomic E-state index is 12.6. The van der Waals surface area contributed by atoms with Gasteiger partial charge >= 0.3 is 0 Å². The van der Waals surface area contributed by atoms with Crippen molar-refractivity contribution in [1.29, 1.82) is 0 Å². The van der Waals surface area contributed by atoms with Gasteiger partial charge in [-0.2, -0.15) is 9.03 Å². The molecule has 1 atom stereocenters. The van der Waals surface area contributed by atoms with Crippen molar-refractivity contribution in [1.82, 2.24) is 14.3 Å². The van der Waals surface area contributed by atoms with E-state index in [-0.39, 0.29) is 28.8 Å². The molecule has 2 N–H and O–H groups in total. The van der Waals surface area contributed by atoms with Gasteiger partial charge in [-0.3, -0.25) is 4.79 Å². The molecule has 2 saturated heterocycles. The number of sulfonamides is 2. The highest BCUT2D eigenvalue weighted by atomic mass is 32.2. The lowest BCUT2D eigenvalue weighted by Gasteiger charge is -2.26. The van der Waals surface area contributed by atoms with E-state index in [2.05, 4.69) is 10.0 Å². The second kappa shape index (κ2) is 8.23. The number of rotatable bonds is 5. The zero-order valence-electron chi connectivity index (χ0n) is 14.8. The third-order valence-electron chi connectivity index (χ3n) is 4.57. The minimum absolute atomic E-state index is 0.0237. The van der Waals surface area contributed by atoms with Crippen molar-refractivity contribution >= 4 is 26.0 Å². The Morgan fingerprint density at radius 2 is 1.63 bits per heavy atom. The Balaban J connectivity index is 1.76. The number of morpholine rings is 1. The Labute approximate surface area is 159 Å². The summed E-state index contributed by atoms with van der Waals surface area (Å²) in [5, 5.41) is 2.67. The van der Waals surface area contributed by atoms with Crippen LogP contribution in [0, 0.1) is 0 Å². The van der Waals surface area contributed by atoms with Crippen LogP contribution in [0.3, 0.4) is 0 Å². The Morgan fingerprint density at radius 1 is 1.00 bits per heavy atom. The van der Waals surface area contributed by atoms with Crippen LogP contribution in [0.1, 0.15) is 19.3 Å². The van der Waals surface area contributed by atoms with Gasteiger partial charge in [-0.15, -0.1) is 0 Å². The van der Waals surface area contributed by atoms with Crippen molar-refractivity contribution in [2.75, 3.05) is 32.8 Å². The predicted molar refractivity (Wildman–Crippen MR) is 97.0 cm³/mol. The summed E-state index contributed by atoms with van der Waals surface area (Å²) in [4.78, 5) is 11.9. The summed E-state index contributed by atoms with van der Waals surface area (Å²) >= 11 is 0. The molecule has 0 aliphatic carbocycles. The molecule has 1 aromatic carbocycles. The van der Waals surface area contributed by atoms with E-state index < -0.39 is 26.1 Å². The first-order valence-corrected chi connectivity index (χ1v) is 11.7. The van der Waals surface area contributed by atoms with Gasteiger partial charge in [0.2, 0.25) is 26.0 Å². The summed E-state index contributed by atoms with van der Waals surface area (Å²) in [6, 6.07) is 4.20. The predicted octanol–water partition coefficient (Wildman–Crippen LogP) is -0.345. The molecule has 1 unspecified atom stereocenters. The van der Waals surface area contributed by atoms with E-state index in [0.29, 0.717) is 26.2 Å². The number of hydrogen-bond donors (Lipinski definition) is 2. The fraction of sp³-hybridized carbons (Fsp3) is 0.562. The van der Waals surface area contributed by atoms with Crippen molar-refractivity contribution in [2.45, 2.75) is 35.1 Å². The average Bonchev–Trinajstić information content (AvgIpc) is 2.86. The molecule has 0 radical (unpaired) electrons. The molecule has 0 aromatic heterocycles. The van der Waals surface area contributed by atoms with Gasteiger partial charge < -0.3 is 10.1 Å². The summed E-state index contributed by atoms with van der Waals surface area (Å²) < 4.78 is 59.2. The number of benzene rings is 1. The van der Waals surface area contributed by atoms with E-state index in [9.17, 15) is 21.6 Å². The molecule has 1 amide bonds. The summed E-state index contributed by atoms with van der Waals surface area (Å²) in [6.45, 7) is 1.73. The Kier molecular flexibility index (Phi) is 6.16. The number of hydrogen-bond acceptors (Lipinski definition) is 6. The SMILES string of the molecule is O=C1NCCCCC1NS(=O)(=O)c1ccc(S(=O)(=O)N2CCOCC2)cc1. The molecular weight excluding hydrogens is 394 g/mol. The van der Waals surface area contributed by atoms with E-state index >= 15 is 0 Å². The van der Waals surface area contributed by atoms with Crippen molar-refractivity contribution in [3.8, 4) is 0 Å². The number of carbonyl (C=O) groups is 1. The lowest BCUT2D eigenvalue weighted by Crippen LogP contribution is -2.45. The topological polar surface area (TPSA) is 122 Å². The van der Waals surface area contributed by atoms with Crippen LogP contribution in [-0.2, 0) is 29.6 Å². The minimum Gasteiger partial charge on any atom is -0.379 e. The Morgan fingerprint density at radius 3 is 2.30 bits per heavy atom. The van der Waals surface area contributed by atoms with E-state index in [4.69, 9.17) is 4.74 Å². The maximum Gasteiger partial charge on any atom is 0.243 e. The fourth-order valence-corrected chi connectivity index (χ4v) is 5.67. The van der Waals surface area contributed by atoms with Gasteiger partial charge in [-0.25, -0.2) is 16.8 Å². The molecule has 1 aromatic rings. The van der Waals surface area contributed by atoms with Gasteiger partial charge in [0.05, 0.1) is 23.0 Å². The summed E-state index contributed by atoms with van der Waals surface area (Å²) in [5.74, 6) is -0.345. The molecule has 9 nitrogen and oxygen atoms in total. The van der Waals surface area contributed by atoms with Gasteiger partial charge in [0.15, 0.2) is 0 Å². The van der Waals surface area contributed by atoms with E-state index in [1.807, 2.05) is 0 Å². The zero-order chi connectivity index (χ0) is 19.5. The van der Waals surface area contributed by atoms with Gasteiger partial charge in [0, 0.05) is 19.6 Å². The second-order valence-electron chi connectivity index (χ2n) is 6.45. The van der Waals surface area contributed by atoms with Crippen LogP contribution in [0.25, 0.3) is 0 Å². The number of nitrogens with one attached hydrogen (secondary N) is 2. The highest BCUT2D eigenvalue weighted by Gasteiger charge is 2.29. The molecule has 2 aliphatic heterocycles. The third kappa shape index (κ3) is 4.66. The normalized spacial score (nSPS) is 22.8. The van der Waals surface area contributed by atoms with Crippen LogP contribution < -0.4 is 10.0 Å². The summed E-state index contributed by atoms with van der Waals surface area (Å²) in [6.07, 6.45) is 1.97. The second-order valence-corrected chi connectivity index (χ2v) is 10.1. The minimum atomic E-state index is -3.94. The fourth-order valence-electron chi connectivity index (χ4n) is 3.03. The molecule has 150 valence electrons. The number of amides is 1. The first kappa shape index (κ1) is 20.2. The monoisotopic (exact) mass is 417 g/mol. The quantitative estimate of drug-likeness (QED) is 0.676. The number of carbonyl (C=O) groups excluding carboxylic acids is 1. The molecule has 2 fully saturated rings. The van der Waals surface area contributed by atoms with E-state index in [1.165, 1.54) is 28.6 Å². The highest BCUT2D eigenvalue weighted by molar-refractivity contribution is 7.89. The van der Waals surface area contributed by atoms with Crippen LogP contribution in [0.5, 0.6) is 0 Å². The molecule has 3 rings (SSSR count). The summed E-state index contributed by atoms with van der Waals surface area (Å²) in [5.41, 5.74) is 0. The highest BCUT2D eigenvalue weighted by Crippen LogP contribution is 2.20. The largest absolute Gasteiger partial charge is 0.379 e. The van der Waals surface area contributed by atoms with Crippen LogP contribution in [0.15, 0.2) is 34.1 Å². The van der Waals surface area contributed by atoms with Gasteiger partial charge in [-0.05, 0) is 43.5 Å². The van der Waals surface area contributed by atoms with Gasteiger partial charge in [-0.1, -0.05) is 0 Å². The maximum absolute atomic E-state index is 12.6. The molecule has 2 aliphatic rings. The van der Waals surface area contributed by atoms with Crippen molar-refractivity contribution in [3.63, 3.8) is 0 Å². The number of ether oxygens (including phenoxy) is 1. The van der Waals surface area contributed by atoms with Crippen molar-refractivity contribution in [2.24, 2.45) is 0 Å². The Hall–Kier alpha value is -1.53. The third-order valence-corrected chi connectivity index (χ3v) is 7.98. The first-order valence-electron chi connectivity index (χ1n) is 8.79. The lowest BCUT2D eigenvalue weighted by atomic mass is 10.1. The van der Waals surface area contributed by atoms with Crippen LogP contribution in [-0.4, -0.2) is 65.9 Å². The van der Waals surface area contributed by atoms with Crippen LogP contribution >= 0.6 is 0 Å². The van der Waals surface area contributed by atoms with Crippen LogP contribution in [0.2, 0.25) is 0 Å². The molecule has 27 heavy (non-hydrogen) atoms. The van der Waals surface area contributed by atoms with Crippen molar-refractivity contribution in [3.05, 3.63) is 24.3 Å². The smallest absolute Gasteiger partial charge is 0.243 e. The molecule has 0 spiro atoms. The van der Waals surface area contributed by atoms with Crippen LogP contribution in [0.4, 0.5) is 0 Å². The lowest BCUT2D eigenvalue weighted by molar-refractivity contribution is -0.122. The molecule has 2 heterocycles. The van der Waals surface area contributed by atoms with Gasteiger partial charge in [0.25, 0.3) is 0 Å². The Bertz CT molecular complexity index is 877. The molecule has 11 heteroatoms. The molecular formula is C16H23N3O6S2. The van der Waals surface area contributed by atoms with Gasteiger partial charge in [0.1, 0.15) is 6.04 Å². The summed E-state index contributed by atoms with van der Waals surface area (Å²) in [7, 11) is -7.63. The standard InChI is InChI=1S/C16H23N3O6S2/c20-16-15(3-1-2-8-17-16)18-26(21,22)13-4-6-14(7-5-13)27(23,24)19-9-11-25-12-10-19/h4-7,15,18H,1-3,8-12H2,(H,17,20). The van der Waals surface area contributed by atoms with Crippen molar-refractivity contribution < 1.29 is 26.4 Å². The van der Waals surface area contributed by atoms with E-state index in [0.717, 1.165) is 12.8 Å². The molecule has 0 saturated carbocycles. The average molecular weight is 418 g/mol. The van der Waals surface area contributed by atoms with E-state index in [1.54, 1.807) is 0 Å². The zero-order valence-corrected chi connectivity index (χ0v) is 16.4. The molecule has 0 bridgehead atoms.